The van der Waals surface area contributed by atoms with Crippen molar-refractivity contribution in [3.63, 3.8) is 0 Å². The molecule has 0 spiro atoms. The lowest BCUT2D eigenvalue weighted by Crippen LogP contribution is -2.43. The lowest BCUT2D eigenvalue weighted by Gasteiger charge is -2.11. The summed E-state index contributed by atoms with van der Waals surface area (Å²) in [4.78, 5) is 10.6. The van der Waals surface area contributed by atoms with Crippen LogP contribution in [-0.4, -0.2) is 37.2 Å². The number of aliphatic carboxylic acids is 1. The minimum Gasteiger partial charge on any atom is -0.480 e. The number of hydrogen-bond acceptors (Lipinski definition) is 5. The highest BCUT2D eigenvalue weighted by Crippen LogP contribution is 2.27. The zero-order valence-corrected chi connectivity index (χ0v) is 11.0. The van der Waals surface area contributed by atoms with Gasteiger partial charge in [-0.25, -0.2) is 8.42 Å². The molecule has 0 radical (unpaired) electrons. The summed E-state index contributed by atoms with van der Waals surface area (Å²) in [7, 11) is -3.92. The number of sulfonamides is 1. The van der Waals surface area contributed by atoms with Crippen molar-refractivity contribution in [3.8, 4) is 0 Å². The molecule has 0 saturated carbocycles. The monoisotopic (exact) mass is 329 g/mol. The third-order valence-electron chi connectivity index (χ3n) is 1.61. The normalized spacial score (nSPS) is 13.6. The van der Waals surface area contributed by atoms with E-state index in [0.717, 1.165) is 11.3 Å². The van der Waals surface area contributed by atoms with Crippen molar-refractivity contribution in [1.29, 1.82) is 0 Å². The van der Waals surface area contributed by atoms with Crippen LogP contribution in [-0.2, 0) is 14.8 Å². The Kier molecular flexibility index (Phi) is 4.44. The highest BCUT2D eigenvalue weighted by atomic mass is 79.9. The van der Waals surface area contributed by atoms with E-state index in [4.69, 9.17) is 10.2 Å². The highest BCUT2D eigenvalue weighted by molar-refractivity contribution is 9.10. The smallest absolute Gasteiger partial charge is 0.324 e. The Morgan fingerprint density at radius 3 is 2.62 bits per heavy atom. The number of rotatable bonds is 5. The lowest BCUT2D eigenvalue weighted by atomic mass is 10.3. The highest BCUT2D eigenvalue weighted by Gasteiger charge is 2.26. The molecule has 1 rings (SSSR count). The fraction of sp³-hybridized carbons (Fsp3) is 0.286. The lowest BCUT2D eigenvalue weighted by molar-refractivity contribution is -0.139. The van der Waals surface area contributed by atoms with Gasteiger partial charge in [0.05, 0.1) is 6.61 Å². The maximum atomic E-state index is 11.7. The van der Waals surface area contributed by atoms with Gasteiger partial charge in [0.25, 0.3) is 10.0 Å². The van der Waals surface area contributed by atoms with Crippen LogP contribution in [0.4, 0.5) is 0 Å². The van der Waals surface area contributed by atoms with Crippen molar-refractivity contribution in [3.05, 3.63) is 15.9 Å². The molecule has 1 atom stereocenters. The van der Waals surface area contributed by atoms with Gasteiger partial charge in [-0.05, 0) is 27.4 Å². The molecule has 0 amide bonds. The van der Waals surface area contributed by atoms with E-state index in [1.54, 1.807) is 5.38 Å². The van der Waals surface area contributed by atoms with Crippen LogP contribution < -0.4 is 4.72 Å². The number of carboxylic acid groups (broad SMARTS) is 1. The Morgan fingerprint density at radius 1 is 1.62 bits per heavy atom. The third-order valence-corrected chi connectivity index (χ3v) is 5.75. The van der Waals surface area contributed by atoms with Crippen LogP contribution in [0.1, 0.15) is 0 Å². The van der Waals surface area contributed by atoms with Gasteiger partial charge in [-0.1, -0.05) is 0 Å². The summed E-state index contributed by atoms with van der Waals surface area (Å²) in [5.41, 5.74) is 0. The predicted octanol–water partition coefficient (Wildman–Crippen LogP) is 0.234. The summed E-state index contributed by atoms with van der Waals surface area (Å²) in [5.74, 6) is -1.43. The van der Waals surface area contributed by atoms with Gasteiger partial charge in [-0.15, -0.1) is 11.3 Å². The molecule has 1 aromatic heterocycles. The summed E-state index contributed by atoms with van der Waals surface area (Å²) in [5, 5.41) is 18.9. The Balaban J connectivity index is 2.97. The Hall–Kier alpha value is -0.480. The van der Waals surface area contributed by atoms with Crippen LogP contribution in [0.2, 0.25) is 0 Å². The topological polar surface area (TPSA) is 104 Å². The molecule has 0 aliphatic carbocycles. The number of aliphatic hydroxyl groups excluding tert-OH is 1. The fourth-order valence-electron chi connectivity index (χ4n) is 0.878. The Bertz CT molecular complexity index is 483. The van der Waals surface area contributed by atoms with Crippen molar-refractivity contribution < 1.29 is 23.4 Å². The summed E-state index contributed by atoms with van der Waals surface area (Å²) >= 11 is 3.98. The van der Waals surface area contributed by atoms with Crippen LogP contribution in [0, 0.1) is 0 Å². The third kappa shape index (κ3) is 3.01. The molecule has 90 valence electrons. The van der Waals surface area contributed by atoms with E-state index in [2.05, 4.69) is 15.9 Å². The van der Waals surface area contributed by atoms with Gasteiger partial charge in [0.2, 0.25) is 0 Å². The molecule has 1 aromatic rings. The first-order chi connectivity index (χ1) is 7.38. The second kappa shape index (κ2) is 5.23. The maximum absolute atomic E-state index is 11.7. The molecular formula is C7H8BrNO5S2. The zero-order chi connectivity index (χ0) is 12.3. The number of thiophene rings is 1. The number of aliphatic hydroxyl groups is 1. The van der Waals surface area contributed by atoms with E-state index < -0.39 is 28.6 Å². The average Bonchev–Trinajstić information content (AvgIpc) is 2.61. The zero-order valence-electron chi connectivity index (χ0n) is 7.75. The number of carboxylic acids is 1. The molecule has 0 saturated heterocycles. The van der Waals surface area contributed by atoms with Gasteiger partial charge in [-0.2, -0.15) is 4.72 Å². The summed E-state index contributed by atoms with van der Waals surface area (Å²) in [6, 6.07) is -0.00693. The first-order valence-electron chi connectivity index (χ1n) is 3.97. The van der Waals surface area contributed by atoms with Gasteiger partial charge < -0.3 is 10.2 Å². The summed E-state index contributed by atoms with van der Waals surface area (Å²) in [6.45, 7) is -0.808. The van der Waals surface area contributed by atoms with E-state index in [1.807, 2.05) is 4.72 Å². The van der Waals surface area contributed by atoms with Crippen LogP contribution in [0.25, 0.3) is 0 Å². The number of halogens is 1. The molecule has 16 heavy (non-hydrogen) atoms. The molecule has 0 unspecified atom stereocenters. The van der Waals surface area contributed by atoms with Crippen LogP contribution in [0.3, 0.4) is 0 Å². The minimum absolute atomic E-state index is 0.0211. The van der Waals surface area contributed by atoms with E-state index >= 15 is 0 Å². The van der Waals surface area contributed by atoms with Gasteiger partial charge >= 0.3 is 5.97 Å². The Labute approximate surface area is 104 Å². The molecule has 9 heteroatoms. The molecule has 6 nitrogen and oxygen atoms in total. The van der Waals surface area contributed by atoms with Crippen LogP contribution in [0.15, 0.2) is 20.1 Å². The number of carbonyl (C=O) groups is 1. The Morgan fingerprint density at radius 2 is 2.25 bits per heavy atom. The molecule has 0 aliphatic heterocycles. The standard InChI is InChI=1S/C7H8BrNO5S2/c8-4-1-2-15-7(4)16(13,14)9-5(3-10)6(11)12/h1-2,5,9-10H,3H2,(H,11,12)/t5-/m0/s1. The molecule has 0 bridgehead atoms. The maximum Gasteiger partial charge on any atom is 0.324 e. The first kappa shape index (κ1) is 13.6. The average molecular weight is 330 g/mol. The quantitative estimate of drug-likeness (QED) is 0.717. The molecule has 0 aromatic carbocycles. The summed E-state index contributed by atoms with van der Waals surface area (Å²) < 4.78 is 25.6. The molecule has 3 N–H and O–H groups in total. The van der Waals surface area contributed by atoms with Crippen molar-refractivity contribution in [2.24, 2.45) is 0 Å². The fourth-order valence-corrected chi connectivity index (χ4v) is 4.41. The van der Waals surface area contributed by atoms with Gasteiger partial charge in [0, 0.05) is 4.47 Å². The molecular weight excluding hydrogens is 322 g/mol. The number of nitrogens with one attached hydrogen (secondary N) is 1. The first-order valence-corrected chi connectivity index (χ1v) is 7.13. The summed E-state index contributed by atoms with van der Waals surface area (Å²) in [6.07, 6.45) is 0. The molecule has 0 aliphatic rings. The van der Waals surface area contributed by atoms with Crippen LogP contribution in [0.5, 0.6) is 0 Å². The minimum atomic E-state index is -3.92. The van der Waals surface area contributed by atoms with Gasteiger partial charge in [-0.3, -0.25) is 4.79 Å². The number of hydrogen-bond donors (Lipinski definition) is 3. The van der Waals surface area contributed by atoms with Crippen molar-refractivity contribution in [1.82, 2.24) is 4.72 Å². The largest absolute Gasteiger partial charge is 0.480 e. The van der Waals surface area contributed by atoms with Crippen LogP contribution >= 0.6 is 27.3 Å². The predicted molar refractivity (Wildman–Crippen MR) is 60.9 cm³/mol. The van der Waals surface area contributed by atoms with E-state index in [-0.39, 0.29) is 4.21 Å². The van der Waals surface area contributed by atoms with Crippen molar-refractivity contribution >= 4 is 43.3 Å². The van der Waals surface area contributed by atoms with Gasteiger partial charge in [0.1, 0.15) is 10.3 Å². The van der Waals surface area contributed by atoms with E-state index in [1.165, 1.54) is 6.07 Å². The van der Waals surface area contributed by atoms with Gasteiger partial charge in [0.15, 0.2) is 0 Å². The molecule has 0 fully saturated rings. The van der Waals surface area contributed by atoms with Crippen molar-refractivity contribution in [2.45, 2.75) is 10.3 Å². The van der Waals surface area contributed by atoms with E-state index in [0.29, 0.717) is 4.47 Å². The van der Waals surface area contributed by atoms with Crippen molar-refractivity contribution in [2.75, 3.05) is 6.61 Å². The molecule has 1 heterocycles. The van der Waals surface area contributed by atoms with E-state index in [9.17, 15) is 13.2 Å². The second-order valence-corrected chi connectivity index (χ2v) is 6.43. The second-order valence-electron chi connectivity index (χ2n) is 2.75. The SMILES string of the molecule is O=C(O)[C@H](CO)NS(=O)(=O)c1sccc1Br.